The fourth-order valence-corrected chi connectivity index (χ4v) is 4.62. The zero-order chi connectivity index (χ0) is 20.2. The molecule has 0 spiro atoms. The van der Waals surface area contributed by atoms with Crippen molar-refractivity contribution in [1.82, 2.24) is 15.5 Å². The summed E-state index contributed by atoms with van der Waals surface area (Å²) >= 11 is 0. The van der Waals surface area contributed by atoms with Gasteiger partial charge < -0.3 is 10.6 Å². The molecule has 3 unspecified atom stereocenters. The molecule has 5 nitrogen and oxygen atoms in total. The third kappa shape index (κ3) is 4.35. The lowest BCUT2D eigenvalue weighted by Crippen LogP contribution is -2.59. The second-order valence-electron chi connectivity index (χ2n) is 8.02. The molecule has 0 radical (unpaired) electrons. The van der Waals surface area contributed by atoms with Gasteiger partial charge in [0.05, 0.1) is 6.04 Å². The lowest BCUT2D eigenvalue weighted by atomic mass is 10.0. The van der Waals surface area contributed by atoms with Crippen LogP contribution in [0.25, 0.3) is 0 Å². The maximum absolute atomic E-state index is 12.7. The topological polar surface area (TPSA) is 61.4 Å². The highest BCUT2D eigenvalue weighted by Gasteiger charge is 2.45. The van der Waals surface area contributed by atoms with E-state index < -0.39 is 0 Å². The molecule has 4 rings (SSSR count). The summed E-state index contributed by atoms with van der Waals surface area (Å²) in [7, 11) is 0. The van der Waals surface area contributed by atoms with Gasteiger partial charge in [-0.1, -0.05) is 61.5 Å². The van der Waals surface area contributed by atoms with Crippen LogP contribution >= 0.6 is 0 Å². The van der Waals surface area contributed by atoms with Gasteiger partial charge in [-0.2, -0.15) is 0 Å². The van der Waals surface area contributed by atoms with E-state index in [9.17, 15) is 9.59 Å². The van der Waals surface area contributed by atoms with E-state index >= 15 is 0 Å². The summed E-state index contributed by atoms with van der Waals surface area (Å²) in [5.41, 5.74) is 3.63. The van der Waals surface area contributed by atoms with E-state index in [1.807, 2.05) is 18.2 Å². The fourth-order valence-electron chi connectivity index (χ4n) is 4.62. The summed E-state index contributed by atoms with van der Waals surface area (Å²) < 4.78 is 0. The van der Waals surface area contributed by atoms with Crippen molar-refractivity contribution < 1.29 is 9.59 Å². The van der Waals surface area contributed by atoms with Gasteiger partial charge >= 0.3 is 0 Å². The number of aryl methyl sites for hydroxylation is 1. The number of nitrogens with one attached hydrogen (secondary N) is 2. The third-order valence-electron chi connectivity index (χ3n) is 6.20. The molecule has 2 aromatic carbocycles. The summed E-state index contributed by atoms with van der Waals surface area (Å²) in [4.78, 5) is 27.3. The van der Waals surface area contributed by atoms with Gasteiger partial charge in [-0.15, -0.1) is 0 Å². The van der Waals surface area contributed by atoms with Crippen molar-refractivity contribution in [3.63, 3.8) is 0 Å². The van der Waals surface area contributed by atoms with Crippen LogP contribution < -0.4 is 10.6 Å². The van der Waals surface area contributed by atoms with Crippen molar-refractivity contribution in [3.05, 3.63) is 71.3 Å². The van der Waals surface area contributed by atoms with Gasteiger partial charge in [0.1, 0.15) is 0 Å². The van der Waals surface area contributed by atoms with Crippen LogP contribution in [0.2, 0.25) is 0 Å². The second kappa shape index (κ2) is 8.78. The first-order valence-electron chi connectivity index (χ1n) is 10.6. The molecule has 3 atom stereocenters. The molecule has 2 N–H and O–H groups in total. The summed E-state index contributed by atoms with van der Waals surface area (Å²) in [6.07, 6.45) is 3.20. The first-order valence-corrected chi connectivity index (χ1v) is 10.6. The molecule has 2 aliphatic heterocycles. The number of benzene rings is 2. The van der Waals surface area contributed by atoms with Crippen LogP contribution in [0.4, 0.5) is 0 Å². The zero-order valence-electron chi connectivity index (χ0n) is 16.9. The van der Waals surface area contributed by atoms with Gasteiger partial charge in [0.2, 0.25) is 11.8 Å². The molecule has 2 amide bonds. The van der Waals surface area contributed by atoms with Gasteiger partial charge in [-0.05, 0) is 36.0 Å². The fraction of sp³-hybridized carbons (Fsp3) is 0.417. The Bertz CT molecular complexity index is 850. The van der Waals surface area contributed by atoms with Crippen LogP contribution in [-0.2, 0) is 22.6 Å². The molecule has 152 valence electrons. The zero-order valence-corrected chi connectivity index (χ0v) is 16.9. The van der Waals surface area contributed by atoms with E-state index in [0.29, 0.717) is 19.5 Å². The Morgan fingerprint density at radius 2 is 1.72 bits per heavy atom. The van der Waals surface area contributed by atoms with E-state index in [0.717, 1.165) is 24.8 Å². The average Bonchev–Trinajstić information content (AvgIpc) is 3.22. The Morgan fingerprint density at radius 3 is 2.45 bits per heavy atom. The van der Waals surface area contributed by atoms with Crippen LogP contribution in [0, 0.1) is 0 Å². The average molecular weight is 392 g/mol. The van der Waals surface area contributed by atoms with Crippen LogP contribution in [0.5, 0.6) is 0 Å². The largest absolute Gasteiger partial charge is 0.353 e. The molecule has 2 aromatic rings. The predicted octanol–water partition coefficient (Wildman–Crippen LogP) is 2.96. The second-order valence-corrected chi connectivity index (χ2v) is 8.02. The number of nitrogens with zero attached hydrogens (tertiary/aromatic N) is 1. The summed E-state index contributed by atoms with van der Waals surface area (Å²) in [6.45, 7) is 3.19. The molecular formula is C24H29N3O2. The van der Waals surface area contributed by atoms with E-state index in [-0.39, 0.29) is 29.9 Å². The van der Waals surface area contributed by atoms with E-state index in [1.165, 1.54) is 11.1 Å². The molecule has 0 aromatic heterocycles. The van der Waals surface area contributed by atoms with Gasteiger partial charge in [0.25, 0.3) is 0 Å². The van der Waals surface area contributed by atoms with Gasteiger partial charge in [0.15, 0.2) is 0 Å². The summed E-state index contributed by atoms with van der Waals surface area (Å²) in [5, 5.41) is 6.06. The van der Waals surface area contributed by atoms with Crippen LogP contribution in [0.1, 0.15) is 48.9 Å². The van der Waals surface area contributed by atoms with Crippen molar-refractivity contribution in [2.75, 3.05) is 6.54 Å². The first-order chi connectivity index (χ1) is 14.2. The minimum absolute atomic E-state index is 0.0212. The number of amides is 2. The maximum atomic E-state index is 12.7. The lowest BCUT2D eigenvalue weighted by molar-refractivity contribution is -0.133. The third-order valence-corrected chi connectivity index (χ3v) is 6.20. The number of carbonyl (C=O) groups is 2. The van der Waals surface area contributed by atoms with E-state index in [1.54, 1.807) is 0 Å². The van der Waals surface area contributed by atoms with Crippen LogP contribution in [0.15, 0.2) is 54.6 Å². The van der Waals surface area contributed by atoms with E-state index in [4.69, 9.17) is 0 Å². The molecular weight excluding hydrogens is 362 g/mol. The summed E-state index contributed by atoms with van der Waals surface area (Å²) in [6, 6.07) is 18.8. The van der Waals surface area contributed by atoms with E-state index in [2.05, 4.69) is 58.9 Å². The van der Waals surface area contributed by atoms with Crippen molar-refractivity contribution in [2.24, 2.45) is 0 Å². The van der Waals surface area contributed by atoms with Crippen molar-refractivity contribution in [2.45, 2.75) is 57.3 Å². The van der Waals surface area contributed by atoms with Crippen molar-refractivity contribution in [3.8, 4) is 0 Å². The maximum Gasteiger partial charge on any atom is 0.237 e. The number of hydrogen-bond donors (Lipinski definition) is 2. The number of piperazine rings is 1. The molecule has 0 bridgehead atoms. The normalized spacial score (nSPS) is 24.0. The van der Waals surface area contributed by atoms with Gasteiger partial charge in [-0.3, -0.25) is 14.5 Å². The van der Waals surface area contributed by atoms with Crippen molar-refractivity contribution in [1.29, 1.82) is 0 Å². The monoisotopic (exact) mass is 391 g/mol. The first kappa shape index (κ1) is 19.6. The summed E-state index contributed by atoms with van der Waals surface area (Å²) in [5.74, 6) is 0.124. The Labute approximate surface area is 172 Å². The SMILES string of the molecule is CCc1ccc(CNC(=O)CC2CNC(=O)C3CCC(c4ccccc4)N23)cc1. The molecule has 0 saturated carbocycles. The molecule has 0 aliphatic carbocycles. The van der Waals surface area contributed by atoms with Crippen LogP contribution in [0.3, 0.4) is 0 Å². The highest BCUT2D eigenvalue weighted by molar-refractivity contribution is 5.84. The molecule has 5 heteroatoms. The quantitative estimate of drug-likeness (QED) is 0.796. The predicted molar refractivity (Wildman–Crippen MR) is 113 cm³/mol. The Balaban J connectivity index is 1.41. The molecule has 29 heavy (non-hydrogen) atoms. The van der Waals surface area contributed by atoms with Crippen LogP contribution in [-0.4, -0.2) is 35.3 Å². The molecule has 2 heterocycles. The molecule has 2 saturated heterocycles. The van der Waals surface area contributed by atoms with Gasteiger partial charge in [0, 0.05) is 31.6 Å². The smallest absolute Gasteiger partial charge is 0.237 e. The Morgan fingerprint density at radius 1 is 1.03 bits per heavy atom. The molecule has 2 fully saturated rings. The lowest BCUT2D eigenvalue weighted by Gasteiger charge is -2.40. The van der Waals surface area contributed by atoms with Gasteiger partial charge in [-0.25, -0.2) is 0 Å². The minimum Gasteiger partial charge on any atom is -0.353 e. The highest BCUT2D eigenvalue weighted by Crippen LogP contribution is 2.39. The standard InChI is InChI=1S/C24H29N3O2/c1-2-17-8-10-18(11-9-17)15-25-23(28)14-20-16-26-24(29)22-13-12-21(27(20)22)19-6-4-3-5-7-19/h3-11,20-22H,2,12-16H2,1H3,(H,25,28)(H,26,29). The molecule has 2 aliphatic rings. The number of hydrogen-bond acceptors (Lipinski definition) is 3. The Hall–Kier alpha value is -2.66. The number of fused-ring (bicyclic) bond motifs is 1. The number of rotatable bonds is 6. The van der Waals surface area contributed by atoms with Crippen molar-refractivity contribution >= 4 is 11.8 Å². The minimum atomic E-state index is -0.131. The highest BCUT2D eigenvalue weighted by atomic mass is 16.2. The number of carbonyl (C=O) groups excluding carboxylic acids is 2. The Kier molecular flexibility index (Phi) is 5.95.